The number of unbranched alkanes of at least 4 members (excludes halogenated alkanes) is 3. The molecule has 1 atom stereocenters. The number of sulfone groups is 1. The Labute approximate surface area is 141 Å². The van der Waals surface area contributed by atoms with Gasteiger partial charge < -0.3 is 10.3 Å². The van der Waals surface area contributed by atoms with Crippen LogP contribution in [-0.4, -0.2) is 53.7 Å². The van der Waals surface area contributed by atoms with Gasteiger partial charge >= 0.3 is 5.97 Å². The number of carboxylic acids is 1. The molecule has 1 unspecified atom stereocenters. The molecule has 24 heavy (non-hydrogen) atoms. The van der Waals surface area contributed by atoms with Crippen molar-refractivity contribution in [3.63, 3.8) is 0 Å². The van der Waals surface area contributed by atoms with Gasteiger partial charge in [0.15, 0.2) is 20.9 Å². The van der Waals surface area contributed by atoms with Crippen LogP contribution in [0.5, 0.6) is 0 Å². The molecule has 0 bridgehead atoms. The second-order valence-corrected chi connectivity index (χ2v) is 7.95. The summed E-state index contributed by atoms with van der Waals surface area (Å²) < 4.78 is 24.6. The van der Waals surface area contributed by atoms with Gasteiger partial charge in [0.1, 0.15) is 0 Å². The molecular formula is C15H24N2O6S. The molecule has 0 fully saturated rings. The van der Waals surface area contributed by atoms with E-state index >= 15 is 0 Å². The number of hydroxylamine groups is 1. The van der Waals surface area contributed by atoms with Gasteiger partial charge in [0.25, 0.3) is 0 Å². The first kappa shape index (κ1) is 20.5. The molecule has 136 valence electrons. The Balaban J connectivity index is 2.52. The Hall–Kier alpha value is -1.58. The molecule has 0 spiro atoms. The van der Waals surface area contributed by atoms with Crippen molar-refractivity contribution >= 4 is 27.3 Å². The maximum atomic E-state index is 12.3. The molecule has 0 radical (unpaired) electrons. The first-order chi connectivity index (χ1) is 11.4. The van der Waals surface area contributed by atoms with E-state index in [9.17, 15) is 23.1 Å². The van der Waals surface area contributed by atoms with E-state index in [1.54, 1.807) is 6.08 Å². The van der Waals surface area contributed by atoms with Crippen molar-refractivity contribution in [2.24, 2.45) is 4.99 Å². The summed E-state index contributed by atoms with van der Waals surface area (Å²) in [7, 11) is -3.85. The van der Waals surface area contributed by atoms with Crippen molar-refractivity contribution in [2.45, 2.75) is 50.2 Å². The average Bonchev–Trinajstić information content (AvgIpc) is 2.52. The van der Waals surface area contributed by atoms with Crippen LogP contribution in [0.1, 0.15) is 44.9 Å². The number of Topliss-reactive ketones (excluding diaryl/α,β-unsaturated/α-hetero) is 1. The highest BCUT2D eigenvalue weighted by Crippen LogP contribution is 2.15. The molecule has 0 saturated carbocycles. The predicted molar refractivity (Wildman–Crippen MR) is 88.9 cm³/mol. The van der Waals surface area contributed by atoms with E-state index in [4.69, 9.17) is 5.21 Å². The topological polar surface area (TPSA) is 133 Å². The summed E-state index contributed by atoms with van der Waals surface area (Å²) in [4.78, 5) is 26.8. The minimum Gasteiger partial charge on any atom is -0.480 e. The zero-order chi connectivity index (χ0) is 18.0. The third-order valence-electron chi connectivity index (χ3n) is 3.80. The Bertz CT molecular complexity index is 597. The summed E-state index contributed by atoms with van der Waals surface area (Å²) in [5.74, 6) is -1.97. The highest BCUT2D eigenvalue weighted by atomic mass is 32.2. The number of nitrogens with one attached hydrogen (secondary N) is 1. The van der Waals surface area contributed by atoms with E-state index in [1.165, 1.54) is 6.20 Å². The fourth-order valence-electron chi connectivity index (χ4n) is 2.42. The Morgan fingerprint density at radius 1 is 1.29 bits per heavy atom. The lowest BCUT2D eigenvalue weighted by Gasteiger charge is -2.14. The number of hydrogen-bond donors (Lipinski definition) is 3. The monoisotopic (exact) mass is 360 g/mol. The van der Waals surface area contributed by atoms with Crippen LogP contribution in [0.15, 0.2) is 17.3 Å². The molecule has 0 aromatic heterocycles. The average molecular weight is 360 g/mol. The van der Waals surface area contributed by atoms with E-state index in [2.05, 4.69) is 4.99 Å². The Kier molecular flexibility index (Phi) is 8.80. The summed E-state index contributed by atoms with van der Waals surface area (Å²) in [6.45, 7) is 0.450. The van der Waals surface area contributed by atoms with Crippen molar-refractivity contribution in [2.75, 3.05) is 12.3 Å². The molecule has 0 amide bonds. The van der Waals surface area contributed by atoms with Crippen LogP contribution < -0.4 is 5.48 Å². The van der Waals surface area contributed by atoms with Crippen LogP contribution >= 0.6 is 0 Å². The molecule has 3 N–H and O–H groups in total. The van der Waals surface area contributed by atoms with Crippen LogP contribution in [0.2, 0.25) is 0 Å². The second-order valence-electron chi connectivity index (χ2n) is 5.64. The molecule has 1 aliphatic heterocycles. The highest BCUT2D eigenvalue weighted by molar-refractivity contribution is 7.92. The summed E-state index contributed by atoms with van der Waals surface area (Å²) in [6, 6.07) is 0. The normalized spacial score (nSPS) is 16.0. The van der Waals surface area contributed by atoms with Gasteiger partial charge in [-0.1, -0.05) is 25.3 Å². The van der Waals surface area contributed by atoms with Crippen molar-refractivity contribution < 1.29 is 28.3 Å². The van der Waals surface area contributed by atoms with Crippen molar-refractivity contribution in [1.29, 1.82) is 0 Å². The number of nitrogens with zero attached hydrogens (tertiary/aromatic N) is 1. The molecule has 0 aromatic carbocycles. The van der Waals surface area contributed by atoms with Crippen molar-refractivity contribution in [1.82, 2.24) is 5.48 Å². The lowest BCUT2D eigenvalue weighted by Crippen LogP contribution is -2.33. The van der Waals surface area contributed by atoms with E-state index < -0.39 is 26.8 Å². The van der Waals surface area contributed by atoms with Crippen molar-refractivity contribution in [3.05, 3.63) is 12.3 Å². The quantitative estimate of drug-likeness (QED) is 0.350. The second kappa shape index (κ2) is 10.3. The molecule has 1 heterocycles. The van der Waals surface area contributed by atoms with Gasteiger partial charge in [-0.05, 0) is 12.8 Å². The van der Waals surface area contributed by atoms with Crippen molar-refractivity contribution in [3.8, 4) is 0 Å². The third kappa shape index (κ3) is 6.90. The van der Waals surface area contributed by atoms with E-state index in [1.807, 2.05) is 5.48 Å². The molecule has 0 saturated heterocycles. The summed E-state index contributed by atoms with van der Waals surface area (Å²) in [5.41, 5.74) is 2.21. The first-order valence-corrected chi connectivity index (χ1v) is 9.66. The number of hydrogen-bond acceptors (Lipinski definition) is 7. The summed E-state index contributed by atoms with van der Waals surface area (Å²) in [6.07, 6.45) is 5.91. The maximum absolute atomic E-state index is 12.3. The van der Waals surface area contributed by atoms with E-state index in [0.29, 0.717) is 19.4 Å². The van der Waals surface area contributed by atoms with Crippen LogP contribution in [0, 0.1) is 0 Å². The number of allylic oxidation sites excluding steroid dienone is 1. The van der Waals surface area contributed by atoms with Crippen LogP contribution in [-0.2, 0) is 19.4 Å². The Morgan fingerprint density at radius 3 is 2.62 bits per heavy atom. The number of carbonyl (C=O) groups excluding carboxylic acids is 1. The maximum Gasteiger partial charge on any atom is 0.321 e. The van der Waals surface area contributed by atoms with Gasteiger partial charge in [-0.2, -0.15) is 0 Å². The number of aliphatic carboxylic acids is 1. The highest BCUT2D eigenvalue weighted by Gasteiger charge is 2.32. The van der Waals surface area contributed by atoms with Crippen LogP contribution in [0.3, 0.4) is 0 Å². The number of aliphatic imine (C=N–C) groups is 1. The van der Waals surface area contributed by atoms with Gasteiger partial charge in [-0.25, -0.2) is 13.9 Å². The van der Waals surface area contributed by atoms with Gasteiger partial charge in [0, 0.05) is 25.6 Å². The number of carboxylic acid groups (broad SMARTS) is 1. The number of carbonyl (C=O) groups is 2. The zero-order valence-corrected chi connectivity index (χ0v) is 14.3. The summed E-state index contributed by atoms with van der Waals surface area (Å²) in [5, 5.41) is 16.2. The number of ketones is 1. The molecule has 0 aromatic rings. The first-order valence-electron chi connectivity index (χ1n) is 7.94. The molecule has 0 aliphatic carbocycles. The molecule has 9 heteroatoms. The fraction of sp³-hybridized carbons (Fsp3) is 0.667. The predicted octanol–water partition coefficient (Wildman–Crippen LogP) is 1.10. The van der Waals surface area contributed by atoms with Gasteiger partial charge in [-0.15, -0.1) is 0 Å². The zero-order valence-electron chi connectivity index (χ0n) is 13.5. The van der Waals surface area contributed by atoms with E-state index in [0.717, 1.165) is 12.8 Å². The molecular weight excluding hydrogens is 336 g/mol. The SMILES string of the molecule is O=C1CC=CN=C1CCS(=O)(=O)C(CCCCCCNO)C(=O)O. The minimum absolute atomic E-state index is 0.0462. The van der Waals surface area contributed by atoms with Crippen LogP contribution in [0.25, 0.3) is 0 Å². The van der Waals surface area contributed by atoms with E-state index in [-0.39, 0.29) is 30.8 Å². The lowest BCUT2D eigenvalue weighted by molar-refractivity contribution is -0.136. The smallest absolute Gasteiger partial charge is 0.321 e. The molecule has 1 aliphatic rings. The fourth-order valence-corrected chi connectivity index (χ4v) is 4.02. The minimum atomic E-state index is -3.85. The van der Waals surface area contributed by atoms with Gasteiger partial charge in [-0.3, -0.25) is 14.6 Å². The molecule has 1 rings (SSSR count). The van der Waals surface area contributed by atoms with Gasteiger partial charge in [0.05, 0.1) is 11.5 Å². The number of rotatable bonds is 12. The Morgan fingerprint density at radius 2 is 2.00 bits per heavy atom. The molecule has 8 nitrogen and oxygen atoms in total. The van der Waals surface area contributed by atoms with Gasteiger partial charge in [0.2, 0.25) is 0 Å². The standard InChI is InChI=1S/C15H24N2O6S/c18-13-6-5-9-16-12(13)8-11-24(22,23)14(15(19)20)7-3-1-2-4-10-17-21/h5,9,14,17,21H,1-4,6-8,10-11H2,(H,19,20). The lowest BCUT2D eigenvalue weighted by atomic mass is 10.1. The van der Waals surface area contributed by atoms with Crippen LogP contribution in [0.4, 0.5) is 0 Å². The third-order valence-corrected chi connectivity index (χ3v) is 5.88. The summed E-state index contributed by atoms with van der Waals surface area (Å²) >= 11 is 0. The largest absolute Gasteiger partial charge is 0.480 e.